The van der Waals surface area contributed by atoms with E-state index in [4.69, 9.17) is 0 Å². The first-order valence-electron chi connectivity index (χ1n) is 14.0. The third-order valence-electron chi connectivity index (χ3n) is 7.30. The van der Waals surface area contributed by atoms with Crippen molar-refractivity contribution in [1.29, 1.82) is 0 Å². The van der Waals surface area contributed by atoms with E-state index in [0.29, 0.717) is 10.9 Å². The van der Waals surface area contributed by atoms with Crippen molar-refractivity contribution in [2.24, 2.45) is 0 Å². The van der Waals surface area contributed by atoms with Crippen molar-refractivity contribution >= 4 is 8.03 Å². The first kappa shape index (κ1) is 32.5. The Bertz CT molecular complexity index is 512. The van der Waals surface area contributed by atoms with Crippen LogP contribution in [0.4, 0.5) is 0 Å². The Labute approximate surface area is 208 Å². The molecule has 0 radical (unpaired) electrons. The fourth-order valence-electron chi connectivity index (χ4n) is 4.85. The van der Waals surface area contributed by atoms with Crippen LogP contribution in [0, 0.1) is 0 Å². The van der Waals surface area contributed by atoms with Gasteiger partial charge in [-0.1, -0.05) is 100 Å². The van der Waals surface area contributed by atoms with Gasteiger partial charge in [-0.3, -0.25) is 4.48 Å². The van der Waals surface area contributed by atoms with Crippen LogP contribution in [0.15, 0.2) is 24.8 Å². The zero-order chi connectivity index (χ0) is 24.8. The molecule has 0 heterocycles. The van der Waals surface area contributed by atoms with Crippen LogP contribution in [0.2, 0.25) is 0 Å². The summed E-state index contributed by atoms with van der Waals surface area (Å²) in [7, 11) is 3.62. The highest BCUT2D eigenvalue weighted by atomic mass is 31.1. The Morgan fingerprint density at radius 3 is 1.39 bits per heavy atom. The Morgan fingerprint density at radius 2 is 1.06 bits per heavy atom. The summed E-state index contributed by atoms with van der Waals surface area (Å²) >= 11 is 0. The predicted octanol–water partition coefficient (Wildman–Crippen LogP) is 9.06. The van der Waals surface area contributed by atoms with Crippen LogP contribution in [0.25, 0.3) is 0 Å². The summed E-state index contributed by atoms with van der Waals surface area (Å²) in [5, 5.41) is -0.603. The molecule has 2 atom stereocenters. The fraction of sp³-hybridized carbons (Fsp3) is 0.862. The van der Waals surface area contributed by atoms with Crippen molar-refractivity contribution in [3.8, 4) is 0 Å². The van der Waals surface area contributed by atoms with Gasteiger partial charge in [-0.25, -0.2) is 0 Å². The Morgan fingerprint density at radius 1 is 0.697 bits per heavy atom. The lowest BCUT2D eigenvalue weighted by Gasteiger charge is -2.39. The van der Waals surface area contributed by atoms with Crippen LogP contribution < -0.4 is 4.89 Å². The molecule has 0 aromatic rings. The summed E-state index contributed by atoms with van der Waals surface area (Å²) in [4.78, 5) is 12.0. The van der Waals surface area contributed by atoms with Gasteiger partial charge < -0.3 is 4.89 Å². The average molecular weight is 483 g/mol. The molecule has 3 nitrogen and oxygen atoms in total. The molecule has 4 heteroatoms. The van der Waals surface area contributed by atoms with Crippen LogP contribution in [0.5, 0.6) is 0 Å². The van der Waals surface area contributed by atoms with Gasteiger partial charge in [0.25, 0.3) is 5.28 Å². The van der Waals surface area contributed by atoms with Crippen molar-refractivity contribution in [1.82, 2.24) is 0 Å². The van der Waals surface area contributed by atoms with Gasteiger partial charge in [0.15, 0.2) is 0 Å². The number of allylic oxidation sites excluding steroid dienone is 3. The third-order valence-corrected chi connectivity index (χ3v) is 9.12. The largest absolute Gasteiger partial charge is 0.590 e. The molecule has 0 rings (SSSR count). The lowest BCUT2D eigenvalue weighted by atomic mass is 10.0. The number of hydrogen-bond acceptors (Lipinski definition) is 2. The Kier molecular flexibility index (Phi) is 20.5. The zero-order valence-corrected chi connectivity index (χ0v) is 23.7. The highest BCUT2D eigenvalue weighted by Gasteiger charge is 2.52. The molecule has 0 saturated carbocycles. The van der Waals surface area contributed by atoms with Crippen molar-refractivity contribution in [2.75, 3.05) is 21.1 Å². The quantitative estimate of drug-likeness (QED) is 0.0595. The van der Waals surface area contributed by atoms with Crippen molar-refractivity contribution in [3.05, 3.63) is 24.8 Å². The lowest BCUT2D eigenvalue weighted by Crippen LogP contribution is -2.55. The first-order valence-corrected chi connectivity index (χ1v) is 15.2. The van der Waals surface area contributed by atoms with Crippen LogP contribution >= 0.6 is 8.03 Å². The van der Waals surface area contributed by atoms with Crippen molar-refractivity contribution < 1.29 is 13.9 Å². The van der Waals surface area contributed by atoms with Crippen molar-refractivity contribution in [2.45, 2.75) is 141 Å². The van der Waals surface area contributed by atoms with Crippen LogP contribution in [0.3, 0.4) is 0 Å². The summed E-state index contributed by atoms with van der Waals surface area (Å²) in [6.07, 6.45) is 31.6. The number of quaternary nitrogens is 1. The molecule has 2 unspecified atom stereocenters. The second-order valence-electron chi connectivity index (χ2n) is 10.8. The molecular formula is C29H57NO2P+. The topological polar surface area (TPSA) is 40.1 Å². The van der Waals surface area contributed by atoms with E-state index in [2.05, 4.69) is 18.7 Å². The second kappa shape index (κ2) is 20.8. The van der Waals surface area contributed by atoms with E-state index in [0.717, 1.165) is 19.3 Å². The van der Waals surface area contributed by atoms with Gasteiger partial charge in [0.2, 0.25) is 0 Å². The van der Waals surface area contributed by atoms with Gasteiger partial charge in [-0.05, 0) is 44.9 Å². The monoisotopic (exact) mass is 482 g/mol. The molecule has 0 N–H and O–H groups in total. The molecular weight excluding hydrogens is 425 g/mol. The van der Waals surface area contributed by atoms with Crippen LogP contribution in [0.1, 0.15) is 135 Å². The summed E-state index contributed by atoms with van der Waals surface area (Å²) in [6, 6.07) is 0. The van der Waals surface area contributed by atoms with Gasteiger partial charge in [-0.2, -0.15) is 0 Å². The number of hydrogen-bond donors (Lipinski definition) is 0. The standard InChI is InChI=1S/C29H57NO2P/c1-6-8-9-10-11-12-13-14-15-16-17-18-19-20-21-22-23-24-25-26-27-28-29(7-2,33(31)32)30(3,4)5/h6,17-18H,1,7-16,19-28H2,2-5H3/q+1/b18-17-. The number of rotatable bonds is 24. The second-order valence-corrected chi connectivity index (χ2v) is 12.1. The molecule has 0 aromatic carbocycles. The summed E-state index contributed by atoms with van der Waals surface area (Å²) < 4.78 is 12.5. The minimum atomic E-state index is -2.42. The molecule has 0 bridgehead atoms. The summed E-state index contributed by atoms with van der Waals surface area (Å²) in [5.74, 6) is 0. The molecule has 0 spiro atoms. The molecule has 0 aliphatic rings. The van der Waals surface area contributed by atoms with E-state index in [1.165, 1.54) is 103 Å². The minimum Gasteiger partial charge on any atom is -0.590 e. The maximum atomic E-state index is 12.0. The Balaban J connectivity index is 3.51. The summed E-state index contributed by atoms with van der Waals surface area (Å²) in [5.41, 5.74) is 0. The number of unbranched alkanes of at least 4 members (excludes halogenated alkanes) is 16. The van der Waals surface area contributed by atoms with E-state index in [9.17, 15) is 9.46 Å². The van der Waals surface area contributed by atoms with E-state index in [-0.39, 0.29) is 0 Å². The minimum absolute atomic E-state index is 0.507. The van der Waals surface area contributed by atoms with Gasteiger partial charge >= 0.3 is 8.03 Å². The fourth-order valence-corrected chi connectivity index (χ4v) is 5.94. The van der Waals surface area contributed by atoms with E-state index >= 15 is 0 Å². The SMILES string of the molecule is C=CCCCCCCCCC/C=C\CCCCCCCCCCC(CC)([P+](=O)[O-])[N+](C)(C)C. The highest BCUT2D eigenvalue weighted by Crippen LogP contribution is 2.44. The van der Waals surface area contributed by atoms with E-state index in [1.807, 2.05) is 34.1 Å². The number of nitrogens with zero attached hydrogens (tertiary/aromatic N) is 1. The molecule has 0 amide bonds. The van der Waals surface area contributed by atoms with Gasteiger partial charge in [0.05, 0.1) is 21.1 Å². The highest BCUT2D eigenvalue weighted by molar-refractivity contribution is 7.38. The predicted molar refractivity (Wildman–Crippen MR) is 146 cm³/mol. The van der Waals surface area contributed by atoms with Crippen LogP contribution in [-0.4, -0.2) is 30.9 Å². The van der Waals surface area contributed by atoms with Gasteiger partial charge in [-0.15, -0.1) is 6.58 Å². The summed E-state index contributed by atoms with van der Waals surface area (Å²) in [6.45, 7) is 5.79. The maximum absolute atomic E-state index is 12.0. The maximum Gasteiger partial charge on any atom is 0.376 e. The van der Waals surface area contributed by atoms with Crippen molar-refractivity contribution in [3.63, 3.8) is 0 Å². The zero-order valence-electron chi connectivity index (χ0n) is 22.8. The van der Waals surface area contributed by atoms with Gasteiger partial charge in [0, 0.05) is 12.8 Å². The average Bonchev–Trinajstić information content (AvgIpc) is 2.76. The first-order chi connectivity index (χ1) is 15.8. The Hall–Kier alpha value is -0.500. The van der Waals surface area contributed by atoms with Gasteiger partial charge in [0.1, 0.15) is 0 Å². The molecule has 33 heavy (non-hydrogen) atoms. The molecule has 0 saturated heterocycles. The van der Waals surface area contributed by atoms with E-state index in [1.54, 1.807) is 0 Å². The smallest absolute Gasteiger partial charge is 0.376 e. The molecule has 0 aromatic heterocycles. The van der Waals surface area contributed by atoms with Crippen LogP contribution in [-0.2, 0) is 4.57 Å². The molecule has 0 fully saturated rings. The van der Waals surface area contributed by atoms with E-state index < -0.39 is 13.3 Å². The normalized spacial score (nSPS) is 14.5. The molecule has 0 aliphatic carbocycles. The molecule has 0 aliphatic heterocycles. The lowest BCUT2D eigenvalue weighted by molar-refractivity contribution is -0.910. The molecule has 194 valence electrons. The third kappa shape index (κ3) is 15.9.